The number of rotatable bonds is 5. The Kier molecular flexibility index (Phi) is 6.51. The van der Waals surface area contributed by atoms with E-state index in [4.69, 9.17) is 10.3 Å². The van der Waals surface area contributed by atoms with Crippen LogP contribution in [0.3, 0.4) is 0 Å². The maximum atomic E-state index is 11.6. The number of hydrogen-bond acceptors (Lipinski definition) is 4. The molecule has 0 aliphatic rings. The molecule has 0 aliphatic carbocycles. The number of carbonyl (C=O) groups excluding carboxylic acids is 1. The minimum Gasteiger partial charge on any atom is -0.444 e. The molecule has 0 rings (SSSR count). The second kappa shape index (κ2) is 7.08. The molecular weight excluding hydrogens is 236 g/mol. The van der Waals surface area contributed by atoms with Gasteiger partial charge in [-0.3, -0.25) is 0 Å². The molecule has 104 valence electrons. The zero-order valence-electron chi connectivity index (χ0n) is 11.5. The first-order valence-electron chi connectivity index (χ1n) is 5.86. The predicted molar refractivity (Wildman–Crippen MR) is 68.0 cm³/mol. The fourth-order valence-electron chi connectivity index (χ4n) is 1.38. The number of carbonyl (C=O) groups is 1. The van der Waals surface area contributed by atoms with Crippen molar-refractivity contribution in [3.63, 3.8) is 0 Å². The molecule has 0 aromatic carbocycles. The summed E-state index contributed by atoms with van der Waals surface area (Å²) in [6, 6.07) is -0.523. The van der Waals surface area contributed by atoms with Gasteiger partial charge >= 0.3 is 6.09 Å². The van der Waals surface area contributed by atoms with E-state index in [9.17, 15) is 9.90 Å². The van der Waals surface area contributed by atoms with Gasteiger partial charge in [-0.1, -0.05) is 19.0 Å². The normalized spacial score (nSPS) is 14.6. The number of nitrogens with zero attached hydrogens (tertiary/aromatic N) is 3. The standard InChI is InChI=1S/C11H22N4O3/c1-7(2)9(8(16)6-13-15-12)14-10(17)18-11(3,4)5/h7-9,16H,6H2,1-5H3,(H,14,17)/t8-,9+/m0/s1. The number of hydrogen-bond donors (Lipinski definition) is 2. The van der Waals surface area contributed by atoms with Crippen molar-refractivity contribution in [1.29, 1.82) is 0 Å². The van der Waals surface area contributed by atoms with E-state index in [0.29, 0.717) is 0 Å². The maximum absolute atomic E-state index is 11.6. The Morgan fingerprint density at radius 3 is 2.44 bits per heavy atom. The molecule has 0 aromatic heterocycles. The molecule has 0 fully saturated rings. The summed E-state index contributed by atoms with van der Waals surface area (Å²) in [4.78, 5) is 14.2. The van der Waals surface area contributed by atoms with Crippen molar-refractivity contribution in [3.05, 3.63) is 10.4 Å². The lowest BCUT2D eigenvalue weighted by Crippen LogP contribution is -2.49. The molecule has 1 amide bonds. The Bertz CT molecular complexity index is 319. The molecule has 0 aromatic rings. The van der Waals surface area contributed by atoms with Crippen LogP contribution in [0.25, 0.3) is 10.4 Å². The van der Waals surface area contributed by atoms with Gasteiger partial charge in [-0.05, 0) is 32.2 Å². The van der Waals surface area contributed by atoms with Crippen LogP contribution in [0.4, 0.5) is 4.79 Å². The van der Waals surface area contributed by atoms with E-state index in [-0.39, 0.29) is 12.5 Å². The van der Waals surface area contributed by atoms with Crippen molar-refractivity contribution in [1.82, 2.24) is 5.32 Å². The minimum atomic E-state index is -0.937. The van der Waals surface area contributed by atoms with Gasteiger partial charge in [0.1, 0.15) is 5.60 Å². The van der Waals surface area contributed by atoms with E-state index in [1.807, 2.05) is 13.8 Å². The number of amides is 1. The number of nitrogens with one attached hydrogen (secondary N) is 1. The molecule has 0 bridgehead atoms. The van der Waals surface area contributed by atoms with E-state index in [0.717, 1.165) is 0 Å². The van der Waals surface area contributed by atoms with Gasteiger partial charge in [-0.2, -0.15) is 0 Å². The van der Waals surface area contributed by atoms with E-state index in [2.05, 4.69) is 15.3 Å². The van der Waals surface area contributed by atoms with Gasteiger partial charge in [0, 0.05) is 4.91 Å². The predicted octanol–water partition coefficient (Wildman–Crippen LogP) is 2.21. The number of ether oxygens (including phenoxy) is 1. The number of alkyl carbamates (subject to hydrolysis) is 1. The average molecular weight is 258 g/mol. The molecule has 0 unspecified atom stereocenters. The van der Waals surface area contributed by atoms with Crippen LogP contribution in [0.2, 0.25) is 0 Å². The third-order valence-electron chi connectivity index (χ3n) is 2.15. The van der Waals surface area contributed by atoms with Gasteiger partial charge in [0.25, 0.3) is 0 Å². The molecule has 0 spiro atoms. The monoisotopic (exact) mass is 258 g/mol. The van der Waals surface area contributed by atoms with Gasteiger partial charge < -0.3 is 15.2 Å². The Balaban J connectivity index is 4.53. The first-order chi connectivity index (χ1) is 8.17. The number of azide groups is 1. The smallest absolute Gasteiger partial charge is 0.407 e. The summed E-state index contributed by atoms with van der Waals surface area (Å²) in [5.74, 6) is -0.0126. The molecular formula is C11H22N4O3. The van der Waals surface area contributed by atoms with Gasteiger partial charge in [0.05, 0.1) is 18.7 Å². The fourth-order valence-corrected chi connectivity index (χ4v) is 1.38. The van der Waals surface area contributed by atoms with E-state index in [1.165, 1.54) is 0 Å². The quantitative estimate of drug-likeness (QED) is 0.448. The summed E-state index contributed by atoms with van der Waals surface area (Å²) in [7, 11) is 0. The van der Waals surface area contributed by atoms with Gasteiger partial charge in [0.15, 0.2) is 0 Å². The van der Waals surface area contributed by atoms with Gasteiger partial charge in [-0.25, -0.2) is 4.79 Å². The lowest BCUT2D eigenvalue weighted by Gasteiger charge is -2.28. The molecule has 7 nitrogen and oxygen atoms in total. The van der Waals surface area contributed by atoms with Crippen LogP contribution in [0.15, 0.2) is 5.11 Å². The Morgan fingerprint density at radius 1 is 1.50 bits per heavy atom. The lowest BCUT2D eigenvalue weighted by atomic mass is 9.99. The first kappa shape index (κ1) is 16.5. The molecule has 2 atom stereocenters. The largest absolute Gasteiger partial charge is 0.444 e. The molecule has 18 heavy (non-hydrogen) atoms. The third kappa shape index (κ3) is 6.98. The second-order valence-corrected chi connectivity index (χ2v) is 5.40. The van der Waals surface area contributed by atoms with Crippen molar-refractivity contribution in [2.45, 2.75) is 52.4 Å². The van der Waals surface area contributed by atoms with Crippen LogP contribution in [0.5, 0.6) is 0 Å². The number of aliphatic hydroxyl groups is 1. The van der Waals surface area contributed by atoms with Gasteiger partial charge in [0.2, 0.25) is 0 Å². The van der Waals surface area contributed by atoms with Crippen molar-refractivity contribution in [2.24, 2.45) is 11.0 Å². The van der Waals surface area contributed by atoms with Gasteiger partial charge in [-0.15, -0.1) is 0 Å². The Hall–Kier alpha value is -1.46. The highest BCUT2D eigenvalue weighted by Crippen LogP contribution is 2.11. The van der Waals surface area contributed by atoms with Crippen LogP contribution in [0, 0.1) is 5.92 Å². The Labute approximate surface area is 107 Å². The average Bonchev–Trinajstić information content (AvgIpc) is 2.19. The van der Waals surface area contributed by atoms with Crippen molar-refractivity contribution in [3.8, 4) is 0 Å². The SMILES string of the molecule is CC(C)[C@@H](NC(=O)OC(C)(C)C)[C@@H](O)CN=[N+]=[N-]. The summed E-state index contributed by atoms with van der Waals surface area (Å²) in [6.07, 6.45) is -1.53. The summed E-state index contributed by atoms with van der Waals surface area (Å²) < 4.78 is 5.11. The fraction of sp³-hybridized carbons (Fsp3) is 0.909. The zero-order valence-corrected chi connectivity index (χ0v) is 11.5. The van der Waals surface area contributed by atoms with Crippen molar-refractivity contribution < 1.29 is 14.6 Å². The Morgan fingerprint density at radius 2 is 2.06 bits per heavy atom. The summed E-state index contributed by atoms with van der Waals surface area (Å²) >= 11 is 0. The van der Waals surface area contributed by atoms with Crippen LogP contribution in [-0.4, -0.2) is 35.5 Å². The zero-order chi connectivity index (χ0) is 14.3. The second-order valence-electron chi connectivity index (χ2n) is 5.40. The lowest BCUT2D eigenvalue weighted by molar-refractivity contribution is 0.0387. The summed E-state index contributed by atoms with van der Waals surface area (Å²) in [5.41, 5.74) is 7.61. The summed E-state index contributed by atoms with van der Waals surface area (Å²) in [5, 5.41) is 15.7. The summed E-state index contributed by atoms with van der Waals surface area (Å²) in [6.45, 7) is 8.88. The molecule has 7 heteroatoms. The van der Waals surface area contributed by atoms with Crippen LogP contribution >= 0.6 is 0 Å². The highest BCUT2D eigenvalue weighted by Gasteiger charge is 2.26. The first-order valence-corrected chi connectivity index (χ1v) is 5.86. The van der Waals surface area contributed by atoms with Crippen molar-refractivity contribution in [2.75, 3.05) is 6.54 Å². The third-order valence-corrected chi connectivity index (χ3v) is 2.15. The molecule has 0 saturated heterocycles. The molecule has 0 heterocycles. The van der Waals surface area contributed by atoms with E-state index >= 15 is 0 Å². The van der Waals surface area contributed by atoms with E-state index in [1.54, 1.807) is 20.8 Å². The molecule has 2 N–H and O–H groups in total. The molecule has 0 aliphatic heterocycles. The molecule has 0 saturated carbocycles. The van der Waals surface area contributed by atoms with Crippen LogP contribution in [-0.2, 0) is 4.74 Å². The number of aliphatic hydroxyl groups excluding tert-OH is 1. The minimum absolute atomic E-state index is 0.0126. The topological polar surface area (TPSA) is 107 Å². The van der Waals surface area contributed by atoms with E-state index < -0.39 is 23.8 Å². The maximum Gasteiger partial charge on any atom is 0.407 e. The highest BCUT2D eigenvalue weighted by molar-refractivity contribution is 5.68. The highest BCUT2D eigenvalue weighted by atomic mass is 16.6. The van der Waals surface area contributed by atoms with Crippen LogP contribution < -0.4 is 5.32 Å². The molecule has 0 radical (unpaired) electrons. The van der Waals surface area contributed by atoms with Crippen LogP contribution in [0.1, 0.15) is 34.6 Å². The van der Waals surface area contributed by atoms with Crippen molar-refractivity contribution >= 4 is 6.09 Å².